The van der Waals surface area contributed by atoms with E-state index in [0.717, 1.165) is 5.56 Å². The van der Waals surface area contributed by atoms with E-state index in [1.165, 1.54) is 4.90 Å². The van der Waals surface area contributed by atoms with Crippen LogP contribution in [-0.4, -0.2) is 42.0 Å². The smallest absolute Gasteiger partial charge is 0.412 e. The number of carbonyl (C=O) groups excluding carboxylic acids is 1. The minimum absolute atomic E-state index is 0.226. The molecule has 25 heavy (non-hydrogen) atoms. The summed E-state index contributed by atoms with van der Waals surface area (Å²) in [6, 6.07) is 12.3. The van der Waals surface area contributed by atoms with Crippen LogP contribution in [0.4, 0.5) is 4.79 Å². The molecule has 0 radical (unpaired) electrons. The number of nitrogens with zero attached hydrogens (tertiary/aromatic N) is 2. The van der Waals surface area contributed by atoms with Crippen LogP contribution < -0.4 is 5.32 Å². The lowest BCUT2D eigenvalue weighted by Crippen LogP contribution is -2.61. The van der Waals surface area contributed by atoms with Gasteiger partial charge in [-0.1, -0.05) is 30.3 Å². The van der Waals surface area contributed by atoms with Gasteiger partial charge >= 0.3 is 6.09 Å². The second kappa shape index (κ2) is 7.85. The van der Waals surface area contributed by atoms with Crippen molar-refractivity contribution in [1.29, 1.82) is 5.26 Å². The van der Waals surface area contributed by atoms with Gasteiger partial charge in [0.05, 0.1) is 12.6 Å². The molecule has 0 unspecified atom stereocenters. The maximum absolute atomic E-state index is 12.5. The van der Waals surface area contributed by atoms with Gasteiger partial charge in [-0.25, -0.2) is 4.79 Å². The Morgan fingerprint density at radius 1 is 1.40 bits per heavy atom. The Bertz CT molecular complexity index is 621. The highest BCUT2D eigenvalue weighted by atomic mass is 16.6. The molecule has 136 valence electrons. The van der Waals surface area contributed by atoms with Crippen LogP contribution in [0.5, 0.6) is 0 Å². The molecule has 6 nitrogen and oxygen atoms in total. The molecule has 0 bridgehead atoms. The van der Waals surface area contributed by atoms with Gasteiger partial charge in [0.25, 0.3) is 0 Å². The number of amides is 1. The fourth-order valence-corrected chi connectivity index (χ4v) is 2.89. The van der Waals surface area contributed by atoms with Gasteiger partial charge in [0.15, 0.2) is 0 Å². The predicted octanol–water partition coefficient (Wildman–Crippen LogP) is 3.04. The van der Waals surface area contributed by atoms with Crippen LogP contribution in [0.1, 0.15) is 39.2 Å². The minimum atomic E-state index is -0.818. The van der Waals surface area contributed by atoms with Crippen molar-refractivity contribution in [2.24, 2.45) is 0 Å². The van der Waals surface area contributed by atoms with Crippen molar-refractivity contribution in [2.45, 2.75) is 57.5 Å². The quantitative estimate of drug-likeness (QED) is 0.908. The first-order valence-electron chi connectivity index (χ1n) is 8.51. The summed E-state index contributed by atoms with van der Waals surface area (Å²) in [6.45, 7) is 6.25. The molecule has 1 aromatic carbocycles. The van der Waals surface area contributed by atoms with Crippen LogP contribution >= 0.6 is 0 Å². The normalized spacial score (nSPS) is 23.8. The molecule has 1 amide bonds. The fourth-order valence-electron chi connectivity index (χ4n) is 2.89. The molecule has 1 saturated heterocycles. The van der Waals surface area contributed by atoms with E-state index >= 15 is 0 Å². The Hall–Kier alpha value is -2.10. The van der Waals surface area contributed by atoms with Crippen molar-refractivity contribution < 1.29 is 14.3 Å². The molecule has 6 heteroatoms. The third-order valence-corrected chi connectivity index (χ3v) is 4.19. The minimum Gasteiger partial charge on any atom is -0.444 e. The summed E-state index contributed by atoms with van der Waals surface area (Å²) in [5.74, 6) is 0. The second-order valence-corrected chi connectivity index (χ2v) is 7.37. The Labute approximate surface area is 149 Å². The molecule has 1 N–H and O–H groups in total. The summed E-state index contributed by atoms with van der Waals surface area (Å²) in [7, 11) is 1.57. The number of nitrogens with one attached hydrogen (secondary N) is 1. The summed E-state index contributed by atoms with van der Waals surface area (Å²) in [4.78, 5) is 14.1. The van der Waals surface area contributed by atoms with E-state index in [1.54, 1.807) is 7.11 Å². The van der Waals surface area contributed by atoms with Crippen LogP contribution in [-0.2, 0) is 16.0 Å². The number of nitriles is 1. The third kappa shape index (κ3) is 5.18. The summed E-state index contributed by atoms with van der Waals surface area (Å²) in [5, 5.41) is 13.1. The summed E-state index contributed by atoms with van der Waals surface area (Å²) < 4.78 is 10.9. The molecule has 0 aromatic heterocycles. The molecule has 1 aliphatic rings. The first kappa shape index (κ1) is 19.2. The molecule has 0 spiro atoms. The highest BCUT2D eigenvalue weighted by molar-refractivity contribution is 5.69. The summed E-state index contributed by atoms with van der Waals surface area (Å²) >= 11 is 0. The second-order valence-electron chi connectivity index (χ2n) is 7.37. The number of methoxy groups -OCH3 is 1. The highest BCUT2D eigenvalue weighted by Crippen LogP contribution is 2.28. The van der Waals surface area contributed by atoms with E-state index in [-0.39, 0.29) is 12.8 Å². The zero-order valence-corrected chi connectivity index (χ0v) is 15.4. The van der Waals surface area contributed by atoms with E-state index in [2.05, 4.69) is 11.4 Å². The molecule has 1 heterocycles. The molecule has 2 rings (SSSR count). The lowest BCUT2D eigenvalue weighted by Gasteiger charge is -2.43. The monoisotopic (exact) mass is 345 g/mol. The number of likely N-dealkylation sites (tertiary alicyclic amines) is 1. The number of piperidine rings is 1. The molecular weight excluding hydrogens is 318 g/mol. The van der Waals surface area contributed by atoms with Crippen LogP contribution in [0.25, 0.3) is 0 Å². The highest BCUT2D eigenvalue weighted by Gasteiger charge is 2.43. The van der Waals surface area contributed by atoms with E-state index in [0.29, 0.717) is 19.4 Å². The molecule has 2 atom stereocenters. The van der Waals surface area contributed by atoms with Gasteiger partial charge in [-0.3, -0.25) is 10.2 Å². The van der Waals surface area contributed by atoms with Crippen molar-refractivity contribution >= 4 is 6.09 Å². The molecule has 1 aliphatic heterocycles. The Kier molecular flexibility index (Phi) is 6.04. The summed E-state index contributed by atoms with van der Waals surface area (Å²) in [6.07, 6.45) is 0.342. The Morgan fingerprint density at radius 3 is 2.64 bits per heavy atom. The van der Waals surface area contributed by atoms with Crippen molar-refractivity contribution in [3.63, 3.8) is 0 Å². The van der Waals surface area contributed by atoms with Crippen molar-refractivity contribution in [2.75, 3.05) is 13.7 Å². The maximum Gasteiger partial charge on any atom is 0.412 e. The Balaban J connectivity index is 2.11. The largest absolute Gasteiger partial charge is 0.444 e. The van der Waals surface area contributed by atoms with Crippen molar-refractivity contribution in [3.05, 3.63) is 35.9 Å². The molecule has 1 fully saturated rings. The first-order chi connectivity index (χ1) is 11.8. The first-order valence-corrected chi connectivity index (χ1v) is 8.51. The number of rotatable bonds is 4. The topological polar surface area (TPSA) is 74.6 Å². The van der Waals surface area contributed by atoms with Gasteiger partial charge in [-0.2, -0.15) is 5.26 Å². The molecule has 0 saturated carbocycles. The van der Waals surface area contributed by atoms with E-state index in [4.69, 9.17) is 9.47 Å². The fraction of sp³-hybridized carbons (Fsp3) is 0.579. The van der Waals surface area contributed by atoms with Gasteiger partial charge in [-0.05, 0) is 39.2 Å². The molecule has 0 aliphatic carbocycles. The zero-order chi connectivity index (χ0) is 18.5. The zero-order valence-electron chi connectivity index (χ0n) is 15.4. The van der Waals surface area contributed by atoms with E-state index in [9.17, 15) is 10.1 Å². The van der Waals surface area contributed by atoms with Crippen molar-refractivity contribution in [3.8, 4) is 6.07 Å². The number of benzene rings is 1. The molecule has 1 aromatic rings. The lowest BCUT2D eigenvalue weighted by atomic mass is 9.89. The predicted molar refractivity (Wildman–Crippen MR) is 94.6 cm³/mol. The number of hydrogen-bond donors (Lipinski definition) is 1. The van der Waals surface area contributed by atoms with Gasteiger partial charge in [0.1, 0.15) is 17.4 Å². The van der Waals surface area contributed by atoms with Gasteiger partial charge < -0.3 is 9.47 Å². The standard InChI is InChI=1S/C19H27N3O3/c1-18(2,3)25-17(23)22-14-19(13-20,11-10-16(22)24-4)21-12-15-8-6-5-7-9-15/h5-9,16,21H,10-12,14H2,1-4H3/t16-,19-/m0/s1. The van der Waals surface area contributed by atoms with Crippen LogP contribution in [0, 0.1) is 11.3 Å². The van der Waals surface area contributed by atoms with Gasteiger partial charge in [0, 0.05) is 13.7 Å². The van der Waals surface area contributed by atoms with Crippen LogP contribution in [0.3, 0.4) is 0 Å². The van der Waals surface area contributed by atoms with Crippen LogP contribution in [0.2, 0.25) is 0 Å². The van der Waals surface area contributed by atoms with E-state index < -0.39 is 17.2 Å². The van der Waals surface area contributed by atoms with Crippen molar-refractivity contribution in [1.82, 2.24) is 10.2 Å². The Morgan fingerprint density at radius 2 is 2.08 bits per heavy atom. The average Bonchev–Trinajstić information content (AvgIpc) is 2.59. The van der Waals surface area contributed by atoms with Gasteiger partial charge in [0.2, 0.25) is 0 Å². The number of hydrogen-bond acceptors (Lipinski definition) is 5. The average molecular weight is 345 g/mol. The van der Waals surface area contributed by atoms with Crippen LogP contribution in [0.15, 0.2) is 30.3 Å². The maximum atomic E-state index is 12.5. The number of carbonyl (C=O) groups is 1. The SMILES string of the molecule is CO[C@H]1CC[C@@](C#N)(NCc2ccccc2)CN1C(=O)OC(C)(C)C. The molecular formula is C19H27N3O3. The van der Waals surface area contributed by atoms with E-state index in [1.807, 2.05) is 51.1 Å². The van der Waals surface area contributed by atoms with Gasteiger partial charge in [-0.15, -0.1) is 0 Å². The summed E-state index contributed by atoms with van der Waals surface area (Å²) in [5.41, 5.74) is -0.323. The number of ether oxygens (including phenoxy) is 2. The lowest BCUT2D eigenvalue weighted by molar-refractivity contribution is -0.0779. The third-order valence-electron chi connectivity index (χ3n) is 4.19.